The second-order valence-corrected chi connectivity index (χ2v) is 5.74. The van der Waals surface area contributed by atoms with Crippen molar-refractivity contribution < 1.29 is 5.21 Å². The van der Waals surface area contributed by atoms with Crippen molar-refractivity contribution in [2.45, 2.75) is 26.3 Å². The van der Waals surface area contributed by atoms with Crippen molar-refractivity contribution in [3.8, 4) is 0 Å². The Bertz CT molecular complexity index is 440. The van der Waals surface area contributed by atoms with E-state index in [1.165, 1.54) is 0 Å². The zero-order valence-corrected chi connectivity index (χ0v) is 12.1. The first kappa shape index (κ1) is 14.0. The molecule has 3 N–H and O–H groups in total. The van der Waals surface area contributed by atoms with Crippen molar-refractivity contribution in [2.75, 3.05) is 31.1 Å². The normalized spacial score (nSPS) is 19.7. The van der Waals surface area contributed by atoms with Gasteiger partial charge in [0, 0.05) is 26.2 Å². The average Bonchev–Trinajstić information content (AvgIpc) is 2.87. The molecule has 19 heavy (non-hydrogen) atoms. The molecule has 2 rings (SSSR count). The van der Waals surface area contributed by atoms with Crippen LogP contribution in [0.1, 0.15) is 18.4 Å². The Hall–Kier alpha value is -1.41. The first-order valence-corrected chi connectivity index (χ1v) is 7.23. The van der Waals surface area contributed by atoms with E-state index in [1.54, 1.807) is 11.3 Å². The summed E-state index contributed by atoms with van der Waals surface area (Å²) in [6.07, 6.45) is 0.841. The highest BCUT2D eigenvalue weighted by Crippen LogP contribution is 2.21. The molecule has 106 valence electrons. The molecule has 0 amide bonds. The molecule has 2 heterocycles. The molecule has 0 aliphatic carbocycles. The van der Waals surface area contributed by atoms with Crippen LogP contribution in [0.5, 0.6) is 0 Å². The zero-order valence-electron chi connectivity index (χ0n) is 11.3. The molecule has 0 radical (unpaired) electrons. The molecule has 1 saturated heterocycles. The van der Waals surface area contributed by atoms with Crippen LogP contribution in [-0.4, -0.2) is 58.4 Å². The van der Waals surface area contributed by atoms with Crippen LogP contribution in [-0.2, 0) is 0 Å². The van der Waals surface area contributed by atoms with E-state index in [2.05, 4.69) is 25.2 Å². The summed E-state index contributed by atoms with van der Waals surface area (Å²) < 4.78 is 0. The van der Waals surface area contributed by atoms with Crippen molar-refractivity contribution in [3.63, 3.8) is 0 Å². The summed E-state index contributed by atoms with van der Waals surface area (Å²) >= 11 is 1.62. The predicted octanol–water partition coefficient (Wildman–Crippen LogP) is 0.494. The summed E-state index contributed by atoms with van der Waals surface area (Å²) in [6.45, 7) is 7.56. The highest BCUT2D eigenvalue weighted by Gasteiger charge is 2.26. The van der Waals surface area contributed by atoms with Crippen LogP contribution in [0.2, 0.25) is 0 Å². The lowest BCUT2D eigenvalue weighted by atomic mass is 10.1. The first-order chi connectivity index (χ1) is 9.15. The molecule has 1 aliphatic rings. The van der Waals surface area contributed by atoms with E-state index < -0.39 is 0 Å². The van der Waals surface area contributed by atoms with Gasteiger partial charge in [0.2, 0.25) is 5.13 Å². The summed E-state index contributed by atoms with van der Waals surface area (Å²) in [6, 6.07) is 0.0170. The summed E-state index contributed by atoms with van der Waals surface area (Å²) in [5, 5.41) is 22.1. The number of oxime groups is 1. The molecule has 1 aromatic rings. The van der Waals surface area contributed by atoms with Crippen LogP contribution < -0.4 is 10.6 Å². The van der Waals surface area contributed by atoms with Crippen molar-refractivity contribution >= 4 is 22.3 Å². The summed E-state index contributed by atoms with van der Waals surface area (Å²) in [7, 11) is 0. The SMILES string of the molecule is CCC(C(N)=NO)N1CCN(c2nnc(C)s2)CC1. The third-order valence-corrected chi connectivity index (χ3v) is 4.28. The van der Waals surface area contributed by atoms with Crippen molar-refractivity contribution in [1.29, 1.82) is 0 Å². The van der Waals surface area contributed by atoms with Gasteiger partial charge in [-0.25, -0.2) is 0 Å². The number of amidine groups is 1. The first-order valence-electron chi connectivity index (χ1n) is 6.42. The number of rotatable bonds is 4. The summed E-state index contributed by atoms with van der Waals surface area (Å²) in [4.78, 5) is 4.49. The number of piperazine rings is 1. The van der Waals surface area contributed by atoms with E-state index >= 15 is 0 Å². The van der Waals surface area contributed by atoms with Crippen LogP contribution in [0, 0.1) is 6.92 Å². The van der Waals surface area contributed by atoms with Gasteiger partial charge in [-0.3, -0.25) is 4.90 Å². The van der Waals surface area contributed by atoms with Crippen LogP contribution in [0.15, 0.2) is 5.16 Å². The molecule has 0 bridgehead atoms. The zero-order chi connectivity index (χ0) is 13.8. The third-order valence-electron chi connectivity index (χ3n) is 3.38. The third kappa shape index (κ3) is 3.13. The average molecular weight is 284 g/mol. The molecule has 1 fully saturated rings. The van der Waals surface area contributed by atoms with E-state index in [9.17, 15) is 0 Å². The Labute approximate surface area is 116 Å². The van der Waals surface area contributed by atoms with E-state index in [4.69, 9.17) is 10.9 Å². The molecule has 0 spiro atoms. The van der Waals surface area contributed by atoms with Gasteiger partial charge in [0.15, 0.2) is 5.84 Å². The van der Waals surface area contributed by atoms with E-state index in [-0.39, 0.29) is 6.04 Å². The quantitative estimate of drug-likeness (QED) is 0.362. The summed E-state index contributed by atoms with van der Waals surface area (Å²) in [5.41, 5.74) is 5.73. The van der Waals surface area contributed by atoms with Gasteiger partial charge in [0.25, 0.3) is 0 Å². The van der Waals surface area contributed by atoms with Crippen LogP contribution in [0.25, 0.3) is 0 Å². The molecule has 7 nitrogen and oxygen atoms in total. The number of hydrogen-bond acceptors (Lipinski definition) is 7. The van der Waals surface area contributed by atoms with Crippen molar-refractivity contribution in [1.82, 2.24) is 15.1 Å². The highest BCUT2D eigenvalue weighted by atomic mass is 32.1. The van der Waals surface area contributed by atoms with Gasteiger partial charge >= 0.3 is 0 Å². The minimum Gasteiger partial charge on any atom is -0.409 e. The molecule has 1 atom stereocenters. The Morgan fingerprint density at radius 2 is 2.11 bits per heavy atom. The number of anilines is 1. The smallest absolute Gasteiger partial charge is 0.208 e. The van der Waals surface area contributed by atoms with Crippen LogP contribution in [0.3, 0.4) is 0 Å². The second kappa shape index (κ2) is 6.16. The maximum atomic E-state index is 8.81. The minimum absolute atomic E-state index is 0.0170. The van der Waals surface area contributed by atoms with Gasteiger partial charge in [-0.1, -0.05) is 23.4 Å². The summed E-state index contributed by atoms with van der Waals surface area (Å²) in [5.74, 6) is 0.294. The molecule has 0 saturated carbocycles. The lowest BCUT2D eigenvalue weighted by Crippen LogP contribution is -2.54. The Morgan fingerprint density at radius 3 is 2.58 bits per heavy atom. The topological polar surface area (TPSA) is 90.9 Å². The predicted molar refractivity (Wildman–Crippen MR) is 75.9 cm³/mol. The fraction of sp³-hybridized carbons (Fsp3) is 0.727. The largest absolute Gasteiger partial charge is 0.409 e. The number of aryl methyl sites for hydroxylation is 1. The van der Waals surface area contributed by atoms with Crippen LogP contribution in [0.4, 0.5) is 5.13 Å². The number of hydrogen-bond donors (Lipinski definition) is 2. The molecule has 0 aromatic carbocycles. The van der Waals surface area contributed by atoms with Crippen molar-refractivity contribution in [3.05, 3.63) is 5.01 Å². The standard InChI is InChI=1S/C11H20N6OS/c1-3-9(10(12)15-18)16-4-6-17(7-5-16)11-14-13-8(2)19-11/h9,18H,3-7H2,1-2H3,(H2,12,15). The number of nitrogens with zero attached hydrogens (tertiary/aromatic N) is 5. The fourth-order valence-corrected chi connectivity index (χ4v) is 3.10. The van der Waals surface area contributed by atoms with E-state index in [1.807, 2.05) is 13.8 Å². The Kier molecular flexibility index (Phi) is 4.54. The Morgan fingerprint density at radius 1 is 1.42 bits per heavy atom. The molecule has 1 aromatic heterocycles. The van der Waals surface area contributed by atoms with E-state index in [0.29, 0.717) is 5.84 Å². The fourth-order valence-electron chi connectivity index (χ4n) is 2.36. The Balaban J connectivity index is 1.95. The molecule has 1 aliphatic heterocycles. The van der Waals surface area contributed by atoms with Gasteiger partial charge in [-0.2, -0.15) is 0 Å². The van der Waals surface area contributed by atoms with Gasteiger partial charge in [-0.15, -0.1) is 10.2 Å². The lowest BCUT2D eigenvalue weighted by Gasteiger charge is -2.38. The maximum Gasteiger partial charge on any atom is 0.208 e. The van der Waals surface area contributed by atoms with Gasteiger partial charge in [0.05, 0.1) is 6.04 Å². The van der Waals surface area contributed by atoms with Gasteiger partial charge < -0.3 is 15.8 Å². The highest BCUT2D eigenvalue weighted by molar-refractivity contribution is 7.15. The van der Waals surface area contributed by atoms with Crippen molar-refractivity contribution in [2.24, 2.45) is 10.9 Å². The van der Waals surface area contributed by atoms with Gasteiger partial charge in [-0.05, 0) is 13.3 Å². The monoisotopic (exact) mass is 284 g/mol. The molecule has 8 heteroatoms. The van der Waals surface area contributed by atoms with Gasteiger partial charge in [0.1, 0.15) is 5.01 Å². The van der Waals surface area contributed by atoms with E-state index in [0.717, 1.165) is 42.7 Å². The second-order valence-electron chi connectivity index (χ2n) is 4.58. The lowest BCUT2D eigenvalue weighted by molar-refractivity contribution is 0.216. The minimum atomic E-state index is 0.0170. The number of aromatic nitrogens is 2. The van der Waals surface area contributed by atoms with Crippen LogP contribution >= 0.6 is 11.3 Å². The molecule has 1 unspecified atom stereocenters. The molecular weight excluding hydrogens is 264 g/mol. The maximum absolute atomic E-state index is 8.81. The molecular formula is C11H20N6OS. The number of nitrogens with two attached hydrogens (primary N) is 1.